The summed E-state index contributed by atoms with van der Waals surface area (Å²) >= 11 is 0. The van der Waals surface area contributed by atoms with Gasteiger partial charge in [0.25, 0.3) is 5.91 Å². The summed E-state index contributed by atoms with van der Waals surface area (Å²) in [6, 6.07) is 7.08. The van der Waals surface area contributed by atoms with Crippen molar-refractivity contribution >= 4 is 5.91 Å². The molecule has 1 N–H and O–H groups in total. The molecule has 0 saturated heterocycles. The number of hydrogen-bond donors (Lipinski definition) is 1. The average Bonchev–Trinajstić information content (AvgIpc) is 3.06. The summed E-state index contributed by atoms with van der Waals surface area (Å²) in [5, 5.41) is 2.96. The summed E-state index contributed by atoms with van der Waals surface area (Å²) < 4.78 is 7.05. The van der Waals surface area contributed by atoms with E-state index in [4.69, 9.17) is 4.74 Å². The van der Waals surface area contributed by atoms with Crippen LogP contribution in [-0.2, 0) is 7.05 Å². The van der Waals surface area contributed by atoms with Crippen molar-refractivity contribution in [2.75, 3.05) is 7.11 Å². The lowest BCUT2D eigenvalue weighted by Crippen LogP contribution is -2.31. The first kappa shape index (κ1) is 15.7. The quantitative estimate of drug-likeness (QED) is 0.773. The number of aryl methyl sites for hydroxylation is 1. The molecule has 0 aliphatic heterocycles. The number of amides is 1. The van der Waals surface area contributed by atoms with Crippen LogP contribution in [0.5, 0.6) is 5.75 Å². The first-order chi connectivity index (χ1) is 11.7. The molecule has 0 aliphatic carbocycles. The molecule has 1 atom stereocenters. The maximum absolute atomic E-state index is 12.5. The monoisotopic (exact) mass is 323 g/mol. The molecule has 0 radical (unpaired) electrons. The van der Waals surface area contributed by atoms with E-state index in [1.54, 1.807) is 13.3 Å². The van der Waals surface area contributed by atoms with E-state index in [1.165, 1.54) is 18.6 Å². The van der Waals surface area contributed by atoms with Crippen LogP contribution in [0, 0.1) is 0 Å². The van der Waals surface area contributed by atoms with Crippen LogP contribution in [-0.4, -0.2) is 32.5 Å². The van der Waals surface area contributed by atoms with E-state index >= 15 is 0 Å². The number of methoxy groups -OCH3 is 1. The molecule has 2 heterocycles. The van der Waals surface area contributed by atoms with Crippen LogP contribution in [0.4, 0.5) is 0 Å². The molecule has 0 fully saturated rings. The zero-order valence-electron chi connectivity index (χ0n) is 13.4. The molecule has 0 saturated carbocycles. The van der Waals surface area contributed by atoms with Crippen molar-refractivity contribution in [3.05, 3.63) is 72.3 Å². The van der Waals surface area contributed by atoms with Gasteiger partial charge in [-0.2, -0.15) is 0 Å². The van der Waals surface area contributed by atoms with Crippen molar-refractivity contribution in [2.45, 2.75) is 6.04 Å². The lowest BCUT2D eigenvalue weighted by Gasteiger charge is -2.19. The van der Waals surface area contributed by atoms with Gasteiger partial charge in [-0.05, 0) is 17.7 Å². The van der Waals surface area contributed by atoms with Crippen LogP contribution in [0.25, 0.3) is 0 Å². The molecule has 3 rings (SSSR count). The van der Waals surface area contributed by atoms with E-state index in [-0.39, 0.29) is 11.6 Å². The number of aromatic nitrogens is 4. The number of ether oxygens (including phenoxy) is 1. The molecule has 0 aliphatic rings. The zero-order valence-corrected chi connectivity index (χ0v) is 13.4. The average molecular weight is 323 g/mol. The fraction of sp³-hybridized carbons (Fsp3) is 0.176. The van der Waals surface area contributed by atoms with Crippen LogP contribution in [0.2, 0.25) is 0 Å². The third-order valence-corrected chi connectivity index (χ3v) is 3.64. The predicted molar refractivity (Wildman–Crippen MR) is 87.5 cm³/mol. The Bertz CT molecular complexity index is 815. The van der Waals surface area contributed by atoms with Gasteiger partial charge in [-0.1, -0.05) is 12.1 Å². The molecule has 1 amide bonds. The van der Waals surface area contributed by atoms with Crippen molar-refractivity contribution in [1.29, 1.82) is 0 Å². The normalized spacial score (nSPS) is 11.8. The number of carbonyl (C=O) groups excluding carboxylic acids is 1. The number of imidazole rings is 1. The Morgan fingerprint density at radius 2 is 1.96 bits per heavy atom. The third kappa shape index (κ3) is 3.24. The Hall–Kier alpha value is -3.22. The second-order valence-electron chi connectivity index (χ2n) is 5.17. The maximum atomic E-state index is 12.5. The molecule has 7 heteroatoms. The van der Waals surface area contributed by atoms with E-state index < -0.39 is 6.04 Å². The van der Waals surface area contributed by atoms with Crippen LogP contribution in [0.1, 0.15) is 27.9 Å². The summed E-state index contributed by atoms with van der Waals surface area (Å²) in [5.41, 5.74) is 1.15. The summed E-state index contributed by atoms with van der Waals surface area (Å²) in [6.07, 6.45) is 7.97. The minimum absolute atomic E-state index is 0.255. The van der Waals surface area contributed by atoms with Gasteiger partial charge >= 0.3 is 0 Å². The van der Waals surface area contributed by atoms with Gasteiger partial charge in [-0.3, -0.25) is 9.78 Å². The molecule has 122 valence electrons. The van der Waals surface area contributed by atoms with Crippen LogP contribution in [0.3, 0.4) is 0 Å². The highest BCUT2D eigenvalue weighted by atomic mass is 16.5. The van der Waals surface area contributed by atoms with E-state index in [0.717, 1.165) is 17.1 Å². The number of rotatable bonds is 5. The molecule has 7 nitrogen and oxygen atoms in total. The van der Waals surface area contributed by atoms with Crippen molar-refractivity contribution in [2.24, 2.45) is 7.05 Å². The van der Waals surface area contributed by atoms with Crippen LogP contribution < -0.4 is 10.1 Å². The zero-order chi connectivity index (χ0) is 16.9. The topological polar surface area (TPSA) is 81.9 Å². The van der Waals surface area contributed by atoms with Gasteiger partial charge in [0.15, 0.2) is 0 Å². The fourth-order valence-electron chi connectivity index (χ4n) is 2.37. The maximum Gasteiger partial charge on any atom is 0.272 e. The molecule has 3 aromatic rings. The van der Waals surface area contributed by atoms with Crippen molar-refractivity contribution in [3.63, 3.8) is 0 Å². The van der Waals surface area contributed by atoms with E-state index in [1.807, 2.05) is 42.1 Å². The van der Waals surface area contributed by atoms with Crippen molar-refractivity contribution in [3.8, 4) is 5.75 Å². The first-order valence-electron chi connectivity index (χ1n) is 7.37. The van der Waals surface area contributed by atoms with Gasteiger partial charge < -0.3 is 14.6 Å². The highest BCUT2D eigenvalue weighted by Crippen LogP contribution is 2.23. The van der Waals surface area contributed by atoms with Gasteiger partial charge in [-0.15, -0.1) is 0 Å². The standard InChI is InChI=1S/C17H17N5O2/c1-22-10-9-20-16(22)15(12-3-5-13(24-2)6-4-12)21-17(23)14-11-18-7-8-19-14/h3-11,15H,1-2H3,(H,21,23)/t15-/m0/s1. The molecule has 0 spiro atoms. The molecule has 1 aromatic carbocycles. The minimum Gasteiger partial charge on any atom is -0.497 e. The molecule has 24 heavy (non-hydrogen) atoms. The number of nitrogens with zero attached hydrogens (tertiary/aromatic N) is 4. The summed E-state index contributed by atoms with van der Waals surface area (Å²) in [6.45, 7) is 0. The number of nitrogens with one attached hydrogen (secondary N) is 1. The highest BCUT2D eigenvalue weighted by molar-refractivity contribution is 5.92. The lowest BCUT2D eigenvalue weighted by atomic mass is 10.1. The van der Waals surface area contributed by atoms with E-state index in [2.05, 4.69) is 20.3 Å². The summed E-state index contributed by atoms with van der Waals surface area (Å²) in [7, 11) is 3.49. The second kappa shape index (κ2) is 6.91. The van der Waals surface area contributed by atoms with E-state index in [9.17, 15) is 4.79 Å². The smallest absolute Gasteiger partial charge is 0.272 e. The molecular formula is C17H17N5O2. The molecular weight excluding hydrogens is 306 g/mol. The third-order valence-electron chi connectivity index (χ3n) is 3.64. The van der Waals surface area contributed by atoms with Crippen LogP contribution >= 0.6 is 0 Å². The number of benzene rings is 1. The van der Waals surface area contributed by atoms with Gasteiger partial charge in [-0.25, -0.2) is 9.97 Å². The van der Waals surface area contributed by atoms with Crippen molar-refractivity contribution in [1.82, 2.24) is 24.8 Å². The SMILES string of the molecule is COc1ccc([C@H](NC(=O)c2cnccn2)c2nccn2C)cc1. The Morgan fingerprint density at radius 3 is 2.54 bits per heavy atom. The van der Waals surface area contributed by atoms with Gasteiger partial charge in [0.05, 0.1) is 13.3 Å². The number of hydrogen-bond acceptors (Lipinski definition) is 5. The van der Waals surface area contributed by atoms with Crippen LogP contribution in [0.15, 0.2) is 55.2 Å². The summed E-state index contributed by atoms with van der Waals surface area (Å²) in [4.78, 5) is 24.8. The van der Waals surface area contributed by atoms with Crippen molar-refractivity contribution < 1.29 is 9.53 Å². The largest absolute Gasteiger partial charge is 0.497 e. The minimum atomic E-state index is -0.412. The predicted octanol–water partition coefficient (Wildman–Crippen LogP) is 1.74. The Labute approximate surface area is 139 Å². The van der Waals surface area contributed by atoms with Gasteiger partial charge in [0.1, 0.15) is 23.3 Å². The fourth-order valence-corrected chi connectivity index (χ4v) is 2.37. The second-order valence-corrected chi connectivity index (χ2v) is 5.17. The number of carbonyl (C=O) groups is 1. The summed E-state index contributed by atoms with van der Waals surface area (Å²) in [5.74, 6) is 1.15. The Morgan fingerprint density at radius 1 is 1.17 bits per heavy atom. The lowest BCUT2D eigenvalue weighted by molar-refractivity contribution is 0.0935. The van der Waals surface area contributed by atoms with Gasteiger partial charge in [0, 0.05) is 31.8 Å². The van der Waals surface area contributed by atoms with E-state index in [0.29, 0.717) is 0 Å². The van der Waals surface area contributed by atoms with Gasteiger partial charge in [0.2, 0.25) is 0 Å². The Kier molecular flexibility index (Phi) is 4.51. The molecule has 0 bridgehead atoms. The first-order valence-corrected chi connectivity index (χ1v) is 7.37. The molecule has 0 unspecified atom stereocenters. The Balaban J connectivity index is 1.93. The molecule has 2 aromatic heterocycles. The highest BCUT2D eigenvalue weighted by Gasteiger charge is 2.22.